The van der Waals surface area contributed by atoms with Crippen LogP contribution in [0.4, 0.5) is 0 Å². The molecule has 1 amide bonds. The number of carbonyl (C=O) groups is 1. The Morgan fingerprint density at radius 1 is 0.970 bits per heavy atom. The van der Waals surface area contributed by atoms with Gasteiger partial charge in [0.1, 0.15) is 17.3 Å². The minimum atomic E-state index is -0.154. The molecular formula is C27H29N3O3. The Balaban J connectivity index is 1.37. The normalized spacial score (nSPS) is 10.8. The van der Waals surface area contributed by atoms with Crippen LogP contribution in [0.5, 0.6) is 11.5 Å². The third kappa shape index (κ3) is 5.71. The molecule has 4 aromatic rings. The predicted molar refractivity (Wildman–Crippen MR) is 130 cm³/mol. The lowest BCUT2D eigenvalue weighted by Gasteiger charge is -2.11. The number of fused-ring (bicyclic) bond motifs is 1. The molecule has 0 saturated carbocycles. The SMILES string of the molecule is COc1cccc(C(=O)NCc2nc3ccccc3n2CCCCOc2ccc(C)cc2)c1. The molecule has 0 atom stereocenters. The molecule has 1 heterocycles. The smallest absolute Gasteiger partial charge is 0.251 e. The van der Waals surface area contributed by atoms with E-state index in [4.69, 9.17) is 14.5 Å². The van der Waals surface area contributed by atoms with E-state index < -0.39 is 0 Å². The topological polar surface area (TPSA) is 65.4 Å². The van der Waals surface area contributed by atoms with E-state index in [-0.39, 0.29) is 5.91 Å². The number of hydrogen-bond acceptors (Lipinski definition) is 4. The van der Waals surface area contributed by atoms with E-state index in [1.54, 1.807) is 19.2 Å². The molecule has 0 unspecified atom stereocenters. The van der Waals surface area contributed by atoms with Crippen LogP contribution in [-0.2, 0) is 13.1 Å². The molecule has 4 rings (SSSR count). The van der Waals surface area contributed by atoms with Gasteiger partial charge in [-0.1, -0.05) is 35.9 Å². The summed E-state index contributed by atoms with van der Waals surface area (Å²) in [4.78, 5) is 17.4. The Morgan fingerprint density at radius 2 is 1.79 bits per heavy atom. The number of nitrogens with one attached hydrogen (secondary N) is 1. The van der Waals surface area contributed by atoms with Crippen LogP contribution >= 0.6 is 0 Å². The van der Waals surface area contributed by atoms with Gasteiger partial charge in [-0.15, -0.1) is 0 Å². The summed E-state index contributed by atoms with van der Waals surface area (Å²) < 4.78 is 13.3. The first kappa shape index (κ1) is 22.4. The zero-order valence-corrected chi connectivity index (χ0v) is 19.1. The molecule has 6 nitrogen and oxygen atoms in total. The van der Waals surface area contributed by atoms with Gasteiger partial charge < -0.3 is 19.4 Å². The fourth-order valence-electron chi connectivity index (χ4n) is 3.73. The van der Waals surface area contributed by atoms with Crippen LogP contribution in [0.2, 0.25) is 0 Å². The Kier molecular flexibility index (Phi) is 7.25. The minimum Gasteiger partial charge on any atom is -0.497 e. The molecule has 0 aliphatic heterocycles. The zero-order valence-electron chi connectivity index (χ0n) is 19.1. The first-order valence-corrected chi connectivity index (χ1v) is 11.2. The fourth-order valence-corrected chi connectivity index (χ4v) is 3.73. The van der Waals surface area contributed by atoms with Crippen LogP contribution in [0.1, 0.15) is 34.6 Å². The van der Waals surface area contributed by atoms with Crippen LogP contribution < -0.4 is 14.8 Å². The van der Waals surface area contributed by atoms with Gasteiger partial charge in [0.2, 0.25) is 0 Å². The highest BCUT2D eigenvalue weighted by Crippen LogP contribution is 2.18. The maximum absolute atomic E-state index is 12.6. The number of ether oxygens (including phenoxy) is 2. The number of hydrogen-bond donors (Lipinski definition) is 1. The van der Waals surface area contributed by atoms with E-state index in [2.05, 4.69) is 35.0 Å². The highest BCUT2D eigenvalue weighted by atomic mass is 16.5. The number of methoxy groups -OCH3 is 1. The van der Waals surface area contributed by atoms with Crippen molar-refractivity contribution >= 4 is 16.9 Å². The predicted octanol–water partition coefficient (Wildman–Crippen LogP) is 5.14. The molecule has 170 valence electrons. The molecule has 0 saturated heterocycles. The molecule has 3 aromatic carbocycles. The van der Waals surface area contributed by atoms with Crippen molar-refractivity contribution in [1.29, 1.82) is 0 Å². The summed E-state index contributed by atoms with van der Waals surface area (Å²) in [6, 6.07) is 23.3. The van der Waals surface area contributed by atoms with Crippen molar-refractivity contribution < 1.29 is 14.3 Å². The van der Waals surface area contributed by atoms with E-state index in [1.165, 1.54) is 5.56 Å². The van der Waals surface area contributed by atoms with Crippen LogP contribution in [0.15, 0.2) is 72.8 Å². The van der Waals surface area contributed by atoms with E-state index in [0.717, 1.165) is 42.0 Å². The Bertz CT molecular complexity index is 1220. The minimum absolute atomic E-state index is 0.154. The number of aryl methyl sites for hydroxylation is 2. The summed E-state index contributed by atoms with van der Waals surface area (Å²) >= 11 is 0. The largest absolute Gasteiger partial charge is 0.497 e. The van der Waals surface area contributed by atoms with Crippen LogP contribution in [0.25, 0.3) is 11.0 Å². The third-order valence-corrected chi connectivity index (χ3v) is 5.54. The van der Waals surface area contributed by atoms with E-state index in [9.17, 15) is 4.79 Å². The number of rotatable bonds is 10. The Hall–Kier alpha value is -3.80. The summed E-state index contributed by atoms with van der Waals surface area (Å²) in [5.41, 5.74) is 3.78. The lowest BCUT2D eigenvalue weighted by Crippen LogP contribution is -2.24. The number of imidazole rings is 1. The average Bonchev–Trinajstić information content (AvgIpc) is 3.21. The van der Waals surface area contributed by atoms with Crippen molar-refractivity contribution in [2.45, 2.75) is 32.9 Å². The zero-order chi connectivity index (χ0) is 23.0. The number of carbonyl (C=O) groups excluding carboxylic acids is 1. The quantitative estimate of drug-likeness (QED) is 0.345. The van der Waals surface area contributed by atoms with Gasteiger partial charge in [0.25, 0.3) is 5.91 Å². The second-order valence-corrected chi connectivity index (χ2v) is 7.95. The van der Waals surface area contributed by atoms with Crippen LogP contribution in [0.3, 0.4) is 0 Å². The molecule has 0 aliphatic rings. The second-order valence-electron chi connectivity index (χ2n) is 7.95. The van der Waals surface area contributed by atoms with Crippen molar-refractivity contribution in [1.82, 2.24) is 14.9 Å². The van der Waals surface area contributed by atoms with Crippen molar-refractivity contribution in [3.8, 4) is 11.5 Å². The molecule has 33 heavy (non-hydrogen) atoms. The molecular weight excluding hydrogens is 414 g/mol. The highest BCUT2D eigenvalue weighted by molar-refractivity contribution is 5.94. The van der Waals surface area contributed by atoms with Gasteiger partial charge in [-0.2, -0.15) is 0 Å². The lowest BCUT2D eigenvalue weighted by molar-refractivity contribution is 0.0949. The molecule has 1 aromatic heterocycles. The molecule has 0 radical (unpaired) electrons. The number of para-hydroxylation sites is 2. The average molecular weight is 444 g/mol. The summed E-state index contributed by atoms with van der Waals surface area (Å²) in [6.07, 6.45) is 1.87. The molecule has 0 aliphatic carbocycles. The maximum atomic E-state index is 12.6. The summed E-state index contributed by atoms with van der Waals surface area (Å²) in [7, 11) is 1.59. The highest BCUT2D eigenvalue weighted by Gasteiger charge is 2.13. The molecule has 0 spiro atoms. The van der Waals surface area contributed by atoms with Crippen molar-refractivity contribution in [2.24, 2.45) is 0 Å². The Morgan fingerprint density at radius 3 is 2.61 bits per heavy atom. The first-order chi connectivity index (χ1) is 16.1. The fraction of sp³-hybridized carbons (Fsp3) is 0.259. The third-order valence-electron chi connectivity index (χ3n) is 5.54. The molecule has 0 bridgehead atoms. The van der Waals surface area contributed by atoms with Crippen LogP contribution in [0, 0.1) is 6.92 Å². The summed E-state index contributed by atoms with van der Waals surface area (Å²) in [6.45, 7) is 3.89. The number of aromatic nitrogens is 2. The van der Waals surface area contributed by atoms with E-state index >= 15 is 0 Å². The van der Waals surface area contributed by atoms with Gasteiger partial charge in [-0.25, -0.2) is 4.98 Å². The lowest BCUT2D eigenvalue weighted by atomic mass is 10.2. The number of unbranched alkanes of at least 4 members (excludes halogenated alkanes) is 1. The van der Waals surface area contributed by atoms with Gasteiger partial charge in [0.15, 0.2) is 0 Å². The van der Waals surface area contributed by atoms with Gasteiger partial charge >= 0.3 is 0 Å². The first-order valence-electron chi connectivity index (χ1n) is 11.2. The molecule has 1 N–H and O–H groups in total. The summed E-state index contributed by atoms with van der Waals surface area (Å²) in [5.74, 6) is 2.24. The Labute approximate surface area is 194 Å². The monoisotopic (exact) mass is 443 g/mol. The van der Waals surface area contributed by atoms with Crippen molar-refractivity contribution in [3.05, 3.63) is 89.7 Å². The van der Waals surface area contributed by atoms with E-state index in [0.29, 0.717) is 24.5 Å². The van der Waals surface area contributed by atoms with Gasteiger partial charge in [-0.3, -0.25) is 4.79 Å². The number of benzene rings is 3. The number of amides is 1. The second kappa shape index (κ2) is 10.7. The van der Waals surface area contributed by atoms with Gasteiger partial charge in [0.05, 0.1) is 31.3 Å². The number of nitrogens with zero attached hydrogens (tertiary/aromatic N) is 2. The van der Waals surface area contributed by atoms with Crippen LogP contribution in [-0.4, -0.2) is 29.2 Å². The van der Waals surface area contributed by atoms with Crippen molar-refractivity contribution in [3.63, 3.8) is 0 Å². The molecule has 0 fully saturated rings. The summed E-state index contributed by atoms with van der Waals surface area (Å²) in [5, 5.41) is 2.99. The molecule has 6 heteroatoms. The van der Waals surface area contributed by atoms with Gasteiger partial charge in [-0.05, 0) is 62.2 Å². The van der Waals surface area contributed by atoms with E-state index in [1.807, 2.05) is 42.5 Å². The standard InChI is InChI=1S/C27H29N3O3/c1-20-12-14-22(15-13-20)33-17-6-5-16-30-25-11-4-3-10-24(25)29-26(30)19-28-27(31)21-8-7-9-23(18-21)32-2/h3-4,7-15,18H,5-6,16-17,19H2,1-2H3,(H,28,31). The van der Waals surface area contributed by atoms with Crippen molar-refractivity contribution in [2.75, 3.05) is 13.7 Å². The van der Waals surface area contributed by atoms with Gasteiger partial charge in [0, 0.05) is 12.1 Å². The maximum Gasteiger partial charge on any atom is 0.251 e.